The molecule has 0 radical (unpaired) electrons. The molecule has 1 N–H and O–H groups in total. The summed E-state index contributed by atoms with van der Waals surface area (Å²) in [5.74, 6) is 1.02. The zero-order chi connectivity index (χ0) is 20.2. The smallest absolute Gasteiger partial charge is 0.256 e. The molecule has 0 atom stereocenters. The molecule has 0 aliphatic heterocycles. The summed E-state index contributed by atoms with van der Waals surface area (Å²) < 4.78 is 6.86. The molecule has 5 nitrogen and oxygen atoms in total. The molecule has 0 fully saturated rings. The number of hydrogen-bond acceptors (Lipinski definition) is 3. The molecular weight excluding hydrogens is 386 g/mol. The van der Waals surface area contributed by atoms with Crippen LogP contribution >= 0.6 is 11.6 Å². The summed E-state index contributed by atoms with van der Waals surface area (Å²) in [4.78, 5) is 12.8. The Kier molecular flexibility index (Phi) is 5.31. The fourth-order valence-electron chi connectivity index (χ4n) is 2.96. The normalized spacial score (nSPS) is 10.6. The molecule has 1 heterocycles. The van der Waals surface area contributed by atoms with Crippen molar-refractivity contribution in [1.29, 1.82) is 0 Å². The Morgan fingerprint density at radius 3 is 2.41 bits per heavy atom. The SMILES string of the molecule is COc1ccc(C(=O)Nc2cc(-c3cccc(Cl)c3)nn2-c2ccccc2)cc1. The van der Waals surface area contributed by atoms with Crippen LogP contribution in [0.25, 0.3) is 16.9 Å². The highest BCUT2D eigenvalue weighted by Gasteiger charge is 2.15. The Labute approximate surface area is 173 Å². The van der Waals surface area contributed by atoms with Crippen LogP contribution in [0.3, 0.4) is 0 Å². The lowest BCUT2D eigenvalue weighted by molar-refractivity contribution is 0.102. The minimum absolute atomic E-state index is 0.234. The Morgan fingerprint density at radius 1 is 0.966 bits per heavy atom. The van der Waals surface area contributed by atoms with Crippen LogP contribution in [0.15, 0.2) is 84.9 Å². The zero-order valence-electron chi connectivity index (χ0n) is 15.7. The number of anilines is 1. The monoisotopic (exact) mass is 403 g/mol. The first-order valence-corrected chi connectivity index (χ1v) is 9.39. The van der Waals surface area contributed by atoms with Gasteiger partial charge in [-0.1, -0.05) is 41.9 Å². The van der Waals surface area contributed by atoms with Crippen molar-refractivity contribution in [2.24, 2.45) is 0 Å². The van der Waals surface area contributed by atoms with Gasteiger partial charge in [0.1, 0.15) is 11.6 Å². The maximum atomic E-state index is 12.8. The van der Waals surface area contributed by atoms with Crippen molar-refractivity contribution in [3.63, 3.8) is 0 Å². The summed E-state index contributed by atoms with van der Waals surface area (Å²) in [5.41, 5.74) is 2.94. The highest BCUT2D eigenvalue weighted by molar-refractivity contribution is 6.30. The Balaban J connectivity index is 1.71. The van der Waals surface area contributed by atoms with Gasteiger partial charge in [0, 0.05) is 22.2 Å². The van der Waals surface area contributed by atoms with E-state index in [0.29, 0.717) is 27.8 Å². The summed E-state index contributed by atoms with van der Waals surface area (Å²) in [6.07, 6.45) is 0. The lowest BCUT2D eigenvalue weighted by Gasteiger charge is -2.09. The molecule has 0 saturated carbocycles. The van der Waals surface area contributed by atoms with Crippen LogP contribution in [-0.2, 0) is 0 Å². The number of ether oxygens (including phenoxy) is 1. The highest BCUT2D eigenvalue weighted by atomic mass is 35.5. The number of para-hydroxylation sites is 1. The van der Waals surface area contributed by atoms with E-state index in [-0.39, 0.29) is 5.91 Å². The molecule has 0 bridgehead atoms. The van der Waals surface area contributed by atoms with Crippen molar-refractivity contribution >= 4 is 23.3 Å². The fraction of sp³-hybridized carbons (Fsp3) is 0.0435. The second-order valence-corrected chi connectivity index (χ2v) is 6.79. The Bertz CT molecular complexity index is 1140. The molecule has 3 aromatic carbocycles. The van der Waals surface area contributed by atoms with Gasteiger partial charge in [-0.05, 0) is 48.5 Å². The van der Waals surface area contributed by atoms with Gasteiger partial charge in [0.25, 0.3) is 5.91 Å². The number of aromatic nitrogens is 2. The quantitative estimate of drug-likeness (QED) is 0.481. The van der Waals surface area contributed by atoms with Gasteiger partial charge >= 0.3 is 0 Å². The lowest BCUT2D eigenvalue weighted by Crippen LogP contribution is -2.15. The van der Waals surface area contributed by atoms with Gasteiger partial charge < -0.3 is 10.1 Å². The molecule has 29 heavy (non-hydrogen) atoms. The standard InChI is InChI=1S/C23H18ClN3O2/c1-29-20-12-10-16(11-13-20)23(28)25-22-15-21(17-6-5-7-18(24)14-17)26-27(22)19-8-3-2-4-9-19/h2-15H,1H3,(H,25,28). The third-order valence-electron chi connectivity index (χ3n) is 4.42. The number of carbonyl (C=O) groups excluding carboxylic acids is 1. The van der Waals surface area contributed by atoms with Gasteiger partial charge in [0.2, 0.25) is 0 Å². The largest absolute Gasteiger partial charge is 0.497 e. The van der Waals surface area contributed by atoms with Crippen LogP contribution in [-0.4, -0.2) is 22.8 Å². The first-order chi connectivity index (χ1) is 14.1. The summed E-state index contributed by atoms with van der Waals surface area (Å²) in [7, 11) is 1.59. The average Bonchev–Trinajstić information content (AvgIpc) is 3.18. The second kappa shape index (κ2) is 8.20. The minimum atomic E-state index is -0.234. The topological polar surface area (TPSA) is 56.1 Å². The van der Waals surface area contributed by atoms with Crippen LogP contribution in [0.5, 0.6) is 5.75 Å². The average molecular weight is 404 g/mol. The molecular formula is C23H18ClN3O2. The van der Waals surface area contributed by atoms with E-state index >= 15 is 0 Å². The predicted molar refractivity (Wildman–Crippen MR) is 115 cm³/mol. The van der Waals surface area contributed by atoms with Crippen LogP contribution in [0.1, 0.15) is 10.4 Å². The molecule has 1 amide bonds. The van der Waals surface area contributed by atoms with Crippen LogP contribution < -0.4 is 10.1 Å². The number of benzene rings is 3. The molecule has 0 aliphatic rings. The number of halogens is 1. The van der Waals surface area contributed by atoms with E-state index in [4.69, 9.17) is 16.3 Å². The highest BCUT2D eigenvalue weighted by Crippen LogP contribution is 2.27. The Hall–Kier alpha value is -3.57. The summed E-state index contributed by atoms with van der Waals surface area (Å²) in [6.45, 7) is 0. The zero-order valence-corrected chi connectivity index (χ0v) is 16.4. The van der Waals surface area contributed by atoms with Crippen molar-refractivity contribution in [1.82, 2.24) is 9.78 Å². The van der Waals surface area contributed by atoms with Crippen molar-refractivity contribution in [3.8, 4) is 22.7 Å². The molecule has 6 heteroatoms. The molecule has 4 aromatic rings. The predicted octanol–water partition coefficient (Wildman–Crippen LogP) is 5.45. The summed E-state index contributed by atoms with van der Waals surface area (Å²) in [6, 6.07) is 25.9. The van der Waals surface area contributed by atoms with Gasteiger partial charge in [-0.2, -0.15) is 5.10 Å². The van der Waals surface area contributed by atoms with Crippen LogP contribution in [0.2, 0.25) is 5.02 Å². The number of hydrogen-bond donors (Lipinski definition) is 1. The molecule has 0 spiro atoms. The summed E-state index contributed by atoms with van der Waals surface area (Å²) >= 11 is 6.13. The van der Waals surface area contributed by atoms with Gasteiger partial charge in [0.15, 0.2) is 0 Å². The Morgan fingerprint density at radius 2 is 1.72 bits per heavy atom. The lowest BCUT2D eigenvalue weighted by atomic mass is 10.1. The first kappa shape index (κ1) is 18.8. The van der Waals surface area contributed by atoms with E-state index in [1.165, 1.54) is 0 Å². The maximum absolute atomic E-state index is 12.8. The van der Waals surface area contributed by atoms with Gasteiger partial charge in [-0.3, -0.25) is 4.79 Å². The number of nitrogens with zero attached hydrogens (tertiary/aromatic N) is 2. The molecule has 4 rings (SSSR count). The maximum Gasteiger partial charge on any atom is 0.256 e. The minimum Gasteiger partial charge on any atom is -0.497 e. The molecule has 1 aromatic heterocycles. The van der Waals surface area contributed by atoms with E-state index in [0.717, 1.165) is 11.3 Å². The van der Waals surface area contributed by atoms with Crippen molar-refractivity contribution in [2.75, 3.05) is 12.4 Å². The van der Waals surface area contributed by atoms with Gasteiger partial charge in [-0.25, -0.2) is 4.68 Å². The number of amides is 1. The van der Waals surface area contributed by atoms with Crippen molar-refractivity contribution < 1.29 is 9.53 Å². The number of rotatable bonds is 5. The van der Waals surface area contributed by atoms with E-state index in [2.05, 4.69) is 10.4 Å². The molecule has 0 saturated heterocycles. The number of carbonyl (C=O) groups is 1. The number of nitrogens with one attached hydrogen (secondary N) is 1. The molecule has 0 aliphatic carbocycles. The van der Waals surface area contributed by atoms with Gasteiger partial charge in [0.05, 0.1) is 18.5 Å². The van der Waals surface area contributed by atoms with Crippen LogP contribution in [0, 0.1) is 0 Å². The molecule has 144 valence electrons. The first-order valence-electron chi connectivity index (χ1n) is 9.01. The van der Waals surface area contributed by atoms with E-state index in [9.17, 15) is 4.79 Å². The third-order valence-corrected chi connectivity index (χ3v) is 4.66. The fourth-order valence-corrected chi connectivity index (χ4v) is 3.15. The van der Waals surface area contributed by atoms with Crippen molar-refractivity contribution in [2.45, 2.75) is 0 Å². The van der Waals surface area contributed by atoms with E-state index in [1.807, 2.05) is 60.7 Å². The van der Waals surface area contributed by atoms with Gasteiger partial charge in [-0.15, -0.1) is 0 Å². The van der Waals surface area contributed by atoms with Crippen LogP contribution in [0.4, 0.5) is 5.82 Å². The number of methoxy groups -OCH3 is 1. The van der Waals surface area contributed by atoms with Crippen molar-refractivity contribution in [3.05, 3.63) is 95.5 Å². The summed E-state index contributed by atoms with van der Waals surface area (Å²) in [5, 5.41) is 8.27. The second-order valence-electron chi connectivity index (χ2n) is 6.36. The molecule has 0 unspecified atom stereocenters. The van der Waals surface area contributed by atoms with E-state index in [1.54, 1.807) is 36.1 Å². The van der Waals surface area contributed by atoms with E-state index < -0.39 is 0 Å². The third kappa shape index (κ3) is 4.15.